The first-order valence-electron chi connectivity index (χ1n) is 11.4. The molecule has 0 aromatic heterocycles. The standard InChI is InChI=1S/C29H44Si/c1-10-16-24-25(17-11-2)27(19-13-4)29(21-15-6,22-23-30(7,8)9)28(20-14-5)26(24)18-12-3/h10-15,27H,1-6,16-23H2,7-9H3. The Hall–Kier alpha value is -1.86. The molecule has 0 spiro atoms. The van der Waals surface area contributed by atoms with E-state index in [0.29, 0.717) is 5.92 Å². The van der Waals surface area contributed by atoms with E-state index in [1.54, 1.807) is 5.57 Å². The molecule has 1 aliphatic carbocycles. The van der Waals surface area contributed by atoms with E-state index in [1.165, 1.54) is 29.2 Å². The molecule has 2 unspecified atom stereocenters. The summed E-state index contributed by atoms with van der Waals surface area (Å²) >= 11 is 0. The summed E-state index contributed by atoms with van der Waals surface area (Å²) in [6, 6.07) is 1.30. The van der Waals surface area contributed by atoms with Crippen molar-refractivity contribution < 1.29 is 0 Å². The Morgan fingerprint density at radius 3 is 1.77 bits per heavy atom. The summed E-state index contributed by atoms with van der Waals surface area (Å²) in [5, 5.41) is 0. The van der Waals surface area contributed by atoms with Crippen LogP contribution in [0.3, 0.4) is 0 Å². The molecule has 0 amide bonds. The monoisotopic (exact) mass is 420 g/mol. The van der Waals surface area contributed by atoms with Gasteiger partial charge < -0.3 is 0 Å². The van der Waals surface area contributed by atoms with Crippen molar-refractivity contribution in [1.82, 2.24) is 0 Å². The van der Waals surface area contributed by atoms with E-state index >= 15 is 0 Å². The van der Waals surface area contributed by atoms with Crippen molar-refractivity contribution in [3.63, 3.8) is 0 Å². The van der Waals surface area contributed by atoms with E-state index in [-0.39, 0.29) is 5.41 Å². The number of allylic oxidation sites excluding steroid dienone is 10. The molecule has 2 atom stereocenters. The van der Waals surface area contributed by atoms with E-state index in [9.17, 15) is 0 Å². The molecule has 164 valence electrons. The molecule has 30 heavy (non-hydrogen) atoms. The lowest BCUT2D eigenvalue weighted by molar-refractivity contribution is 0.219. The molecule has 1 heteroatoms. The van der Waals surface area contributed by atoms with Crippen LogP contribution in [-0.2, 0) is 0 Å². The summed E-state index contributed by atoms with van der Waals surface area (Å²) in [5.41, 5.74) is 6.03. The van der Waals surface area contributed by atoms with Gasteiger partial charge in [0.05, 0.1) is 0 Å². The summed E-state index contributed by atoms with van der Waals surface area (Å²) in [7, 11) is -1.22. The van der Waals surface area contributed by atoms with Crippen LogP contribution in [-0.4, -0.2) is 8.07 Å². The molecule has 0 saturated heterocycles. The van der Waals surface area contributed by atoms with Gasteiger partial charge in [0.2, 0.25) is 0 Å². The number of hydrogen-bond acceptors (Lipinski definition) is 0. The number of rotatable bonds is 15. The van der Waals surface area contributed by atoms with Gasteiger partial charge in [-0.1, -0.05) is 73.3 Å². The summed E-state index contributed by atoms with van der Waals surface area (Å²) in [5.74, 6) is 0.417. The third-order valence-corrected chi connectivity index (χ3v) is 8.20. The minimum absolute atomic E-state index is 0.0613. The highest BCUT2D eigenvalue weighted by molar-refractivity contribution is 6.76. The summed E-state index contributed by atoms with van der Waals surface area (Å²) in [6.45, 7) is 32.2. The zero-order valence-corrected chi connectivity index (χ0v) is 20.9. The van der Waals surface area contributed by atoms with Crippen molar-refractivity contribution in [3.05, 3.63) is 98.2 Å². The highest BCUT2D eigenvalue weighted by atomic mass is 28.3. The Morgan fingerprint density at radius 1 is 0.733 bits per heavy atom. The number of hydrogen-bond donors (Lipinski definition) is 0. The largest absolute Gasteiger partial charge is 0.103 e. The second-order valence-electron chi connectivity index (χ2n) is 9.72. The van der Waals surface area contributed by atoms with E-state index in [2.05, 4.69) is 89.5 Å². The summed E-state index contributed by atoms with van der Waals surface area (Å²) in [6.07, 6.45) is 19.3. The van der Waals surface area contributed by atoms with Gasteiger partial charge in [0.1, 0.15) is 0 Å². The van der Waals surface area contributed by atoms with Gasteiger partial charge in [0.15, 0.2) is 0 Å². The smallest absolute Gasteiger partial charge is 0.0443 e. The minimum Gasteiger partial charge on any atom is -0.103 e. The van der Waals surface area contributed by atoms with E-state index in [4.69, 9.17) is 0 Å². The average Bonchev–Trinajstić information content (AvgIpc) is 2.68. The maximum atomic E-state index is 4.20. The van der Waals surface area contributed by atoms with Gasteiger partial charge >= 0.3 is 0 Å². The van der Waals surface area contributed by atoms with Crippen molar-refractivity contribution in [2.24, 2.45) is 11.3 Å². The fourth-order valence-corrected chi connectivity index (χ4v) is 6.39. The van der Waals surface area contributed by atoms with Crippen molar-refractivity contribution in [1.29, 1.82) is 0 Å². The second-order valence-corrected chi connectivity index (χ2v) is 15.3. The predicted octanol–water partition coefficient (Wildman–Crippen LogP) is 9.38. The summed E-state index contributed by atoms with van der Waals surface area (Å²) in [4.78, 5) is 0. The highest BCUT2D eigenvalue weighted by Crippen LogP contribution is 2.58. The van der Waals surface area contributed by atoms with Gasteiger partial charge in [-0.2, -0.15) is 0 Å². The van der Waals surface area contributed by atoms with E-state index in [0.717, 1.165) is 38.5 Å². The van der Waals surface area contributed by atoms with E-state index in [1.807, 2.05) is 6.08 Å². The molecule has 0 radical (unpaired) electrons. The highest BCUT2D eigenvalue weighted by Gasteiger charge is 2.46. The van der Waals surface area contributed by atoms with Crippen LogP contribution in [0.2, 0.25) is 25.7 Å². The van der Waals surface area contributed by atoms with Gasteiger partial charge in [-0.25, -0.2) is 0 Å². The second kappa shape index (κ2) is 12.1. The van der Waals surface area contributed by atoms with Crippen molar-refractivity contribution in [2.45, 2.75) is 70.6 Å². The topological polar surface area (TPSA) is 0 Å². The van der Waals surface area contributed by atoms with Crippen LogP contribution in [0.25, 0.3) is 0 Å². The molecule has 0 aromatic carbocycles. The first-order chi connectivity index (χ1) is 14.3. The van der Waals surface area contributed by atoms with Crippen LogP contribution in [0, 0.1) is 11.3 Å². The zero-order valence-electron chi connectivity index (χ0n) is 19.9. The minimum atomic E-state index is -1.22. The molecular formula is C29H44Si. The lowest BCUT2D eigenvalue weighted by atomic mass is 9.55. The molecule has 0 saturated carbocycles. The fraction of sp³-hybridized carbons (Fsp3) is 0.448. The van der Waals surface area contributed by atoms with Gasteiger partial charge in [-0.15, -0.1) is 39.5 Å². The van der Waals surface area contributed by atoms with Gasteiger partial charge in [0, 0.05) is 13.5 Å². The Morgan fingerprint density at radius 2 is 1.30 bits per heavy atom. The molecule has 0 N–H and O–H groups in total. The Bertz CT molecular complexity index is 722. The maximum absolute atomic E-state index is 4.20. The normalized spacial score (nSPS) is 21.9. The molecule has 0 aromatic rings. The third-order valence-electron chi connectivity index (χ3n) is 6.45. The lowest BCUT2D eigenvalue weighted by Crippen LogP contribution is -2.39. The Labute approximate surface area is 188 Å². The average molecular weight is 421 g/mol. The molecule has 1 aliphatic rings. The zero-order chi connectivity index (χ0) is 22.8. The molecule has 0 nitrogen and oxygen atoms in total. The van der Waals surface area contributed by atoms with Gasteiger partial charge in [0.25, 0.3) is 0 Å². The molecular weight excluding hydrogens is 376 g/mol. The van der Waals surface area contributed by atoms with Crippen LogP contribution in [0.15, 0.2) is 98.2 Å². The quantitative estimate of drug-likeness (QED) is 0.183. The maximum Gasteiger partial charge on any atom is 0.0443 e. The van der Waals surface area contributed by atoms with Crippen LogP contribution >= 0.6 is 0 Å². The Kier molecular flexibility index (Phi) is 10.6. The van der Waals surface area contributed by atoms with Crippen LogP contribution in [0.5, 0.6) is 0 Å². The third kappa shape index (κ3) is 6.08. The van der Waals surface area contributed by atoms with Gasteiger partial charge in [-0.05, 0) is 62.0 Å². The van der Waals surface area contributed by atoms with Crippen LogP contribution in [0.1, 0.15) is 44.9 Å². The molecule has 1 rings (SSSR count). The summed E-state index contributed by atoms with van der Waals surface area (Å²) < 4.78 is 0. The molecule has 0 aliphatic heterocycles. The lowest BCUT2D eigenvalue weighted by Gasteiger charge is -2.50. The fourth-order valence-electron chi connectivity index (χ4n) is 5.19. The molecule has 0 heterocycles. The molecule has 0 bridgehead atoms. The first kappa shape index (κ1) is 26.2. The van der Waals surface area contributed by atoms with Crippen LogP contribution in [0.4, 0.5) is 0 Å². The predicted molar refractivity (Wildman–Crippen MR) is 142 cm³/mol. The van der Waals surface area contributed by atoms with Crippen LogP contribution < -0.4 is 0 Å². The van der Waals surface area contributed by atoms with Crippen molar-refractivity contribution >= 4 is 8.07 Å². The molecule has 0 fully saturated rings. The SMILES string of the molecule is C=CCC1=C(CC=C)C(CC=C)C(CC=C)(CC[Si](C)(C)C)C(CC=C)=C1CC=C. The first-order valence-corrected chi connectivity index (χ1v) is 15.1. The Balaban J connectivity index is 3.97. The van der Waals surface area contributed by atoms with Gasteiger partial charge in [-0.3, -0.25) is 0 Å². The van der Waals surface area contributed by atoms with E-state index < -0.39 is 8.07 Å². The van der Waals surface area contributed by atoms with Crippen molar-refractivity contribution in [3.8, 4) is 0 Å². The van der Waals surface area contributed by atoms with Crippen molar-refractivity contribution in [2.75, 3.05) is 0 Å².